The third kappa shape index (κ3) is 5.50. The molecule has 1 amide bonds. The van der Waals surface area contributed by atoms with Crippen LogP contribution in [-0.4, -0.2) is 44.6 Å². The molecule has 1 saturated heterocycles. The number of hydrogen-bond acceptors (Lipinski definition) is 5. The molecule has 0 aliphatic carbocycles. The van der Waals surface area contributed by atoms with Crippen molar-refractivity contribution in [2.24, 2.45) is 0 Å². The minimum absolute atomic E-state index is 0.0535. The van der Waals surface area contributed by atoms with Crippen LogP contribution in [0.2, 0.25) is 0 Å². The topological polar surface area (TPSA) is 67.9 Å². The van der Waals surface area contributed by atoms with E-state index in [9.17, 15) is 22.8 Å². The van der Waals surface area contributed by atoms with E-state index in [-0.39, 0.29) is 11.5 Å². The third-order valence-electron chi connectivity index (χ3n) is 4.56. The molecule has 0 atom stereocenters. The van der Waals surface area contributed by atoms with Crippen molar-refractivity contribution in [3.05, 3.63) is 53.6 Å². The lowest BCUT2D eigenvalue weighted by Gasteiger charge is -2.31. The van der Waals surface area contributed by atoms with Gasteiger partial charge >= 0.3 is 6.18 Å². The molecule has 160 valence electrons. The second-order valence-electron chi connectivity index (χ2n) is 6.75. The normalized spacial score (nSPS) is 14.3. The van der Waals surface area contributed by atoms with Gasteiger partial charge in [0.15, 0.2) is 12.4 Å². The van der Waals surface area contributed by atoms with Crippen molar-refractivity contribution in [1.29, 1.82) is 0 Å². The van der Waals surface area contributed by atoms with Gasteiger partial charge in [-0.1, -0.05) is 12.1 Å². The van der Waals surface area contributed by atoms with Crippen LogP contribution in [0.25, 0.3) is 0 Å². The zero-order valence-corrected chi connectivity index (χ0v) is 16.3. The molecule has 0 aromatic heterocycles. The number of ether oxygens (including phenoxy) is 2. The SMILES string of the molecule is CC(=O)c1cccc(OCC(=O)Nc2cc(C(F)(F)F)ccc2N2CCOCC2)c1. The van der Waals surface area contributed by atoms with Crippen molar-refractivity contribution in [2.45, 2.75) is 13.1 Å². The molecular weight excluding hydrogens is 401 g/mol. The lowest BCUT2D eigenvalue weighted by molar-refractivity contribution is -0.137. The highest BCUT2D eigenvalue weighted by Crippen LogP contribution is 2.35. The van der Waals surface area contributed by atoms with Crippen LogP contribution in [0.1, 0.15) is 22.8 Å². The Hall–Kier alpha value is -3.07. The standard InChI is InChI=1S/C21H21F3N2O4/c1-14(27)15-3-2-4-17(11-15)30-13-20(28)25-18-12-16(21(22,23)24)5-6-19(18)26-7-9-29-10-8-26/h2-6,11-12H,7-10,13H2,1H3,(H,25,28). The molecule has 1 aliphatic heterocycles. The number of alkyl halides is 3. The summed E-state index contributed by atoms with van der Waals surface area (Å²) in [6, 6.07) is 9.58. The number of Topliss-reactive ketones (excluding diaryl/α,β-unsaturated/α-hetero) is 1. The van der Waals surface area contributed by atoms with Crippen LogP contribution in [0.15, 0.2) is 42.5 Å². The number of carbonyl (C=O) groups is 2. The van der Waals surface area contributed by atoms with Gasteiger partial charge in [0.05, 0.1) is 30.2 Å². The maximum atomic E-state index is 13.2. The van der Waals surface area contributed by atoms with Crippen LogP contribution in [0, 0.1) is 0 Å². The van der Waals surface area contributed by atoms with Gasteiger partial charge in [-0.05, 0) is 37.3 Å². The quantitative estimate of drug-likeness (QED) is 0.718. The van der Waals surface area contributed by atoms with Crippen LogP contribution in [-0.2, 0) is 15.7 Å². The van der Waals surface area contributed by atoms with E-state index in [1.807, 2.05) is 4.90 Å². The van der Waals surface area contributed by atoms with Crippen LogP contribution in [0.3, 0.4) is 0 Å². The van der Waals surface area contributed by atoms with E-state index in [0.717, 1.165) is 12.1 Å². The van der Waals surface area contributed by atoms with E-state index in [4.69, 9.17) is 9.47 Å². The number of nitrogens with one attached hydrogen (secondary N) is 1. The summed E-state index contributed by atoms with van der Waals surface area (Å²) < 4.78 is 50.1. The summed E-state index contributed by atoms with van der Waals surface area (Å²) in [5.74, 6) is -0.448. The van der Waals surface area contributed by atoms with Gasteiger partial charge in [-0.25, -0.2) is 0 Å². The van der Waals surface area contributed by atoms with E-state index in [1.54, 1.807) is 18.2 Å². The molecule has 0 bridgehead atoms. The fourth-order valence-electron chi connectivity index (χ4n) is 3.03. The molecule has 9 heteroatoms. The average Bonchev–Trinajstić information content (AvgIpc) is 2.72. The van der Waals surface area contributed by atoms with Crippen LogP contribution in [0.4, 0.5) is 24.5 Å². The largest absolute Gasteiger partial charge is 0.484 e. The number of rotatable bonds is 6. The fourth-order valence-corrected chi connectivity index (χ4v) is 3.03. The van der Waals surface area contributed by atoms with E-state index < -0.39 is 24.3 Å². The molecule has 2 aromatic carbocycles. The van der Waals surface area contributed by atoms with Gasteiger partial charge in [-0.15, -0.1) is 0 Å². The molecule has 0 saturated carbocycles. The van der Waals surface area contributed by atoms with Crippen molar-refractivity contribution in [1.82, 2.24) is 0 Å². The Labute approximate surface area is 171 Å². The number of carbonyl (C=O) groups excluding carboxylic acids is 2. The number of amides is 1. The Morgan fingerprint density at radius 2 is 1.87 bits per heavy atom. The summed E-state index contributed by atoms with van der Waals surface area (Å²) in [5, 5.41) is 2.51. The Morgan fingerprint density at radius 3 is 2.53 bits per heavy atom. The molecule has 1 fully saturated rings. The lowest BCUT2D eigenvalue weighted by Crippen LogP contribution is -2.37. The van der Waals surface area contributed by atoms with Gasteiger partial charge in [-0.2, -0.15) is 13.2 Å². The Bertz CT molecular complexity index is 925. The number of nitrogens with zero attached hydrogens (tertiary/aromatic N) is 1. The fraction of sp³-hybridized carbons (Fsp3) is 0.333. The molecule has 0 radical (unpaired) electrons. The number of benzene rings is 2. The highest BCUT2D eigenvalue weighted by atomic mass is 19.4. The van der Waals surface area contributed by atoms with E-state index in [2.05, 4.69) is 5.32 Å². The highest BCUT2D eigenvalue weighted by Gasteiger charge is 2.32. The number of anilines is 2. The maximum absolute atomic E-state index is 13.2. The van der Waals surface area contributed by atoms with Crippen molar-refractivity contribution in [3.8, 4) is 5.75 Å². The van der Waals surface area contributed by atoms with Gasteiger partial charge in [0, 0.05) is 18.7 Å². The molecule has 30 heavy (non-hydrogen) atoms. The van der Waals surface area contributed by atoms with Crippen molar-refractivity contribution < 1.29 is 32.2 Å². The van der Waals surface area contributed by atoms with Crippen molar-refractivity contribution >= 4 is 23.1 Å². The first-order valence-electron chi connectivity index (χ1n) is 9.31. The smallest absolute Gasteiger partial charge is 0.416 e. The van der Waals surface area contributed by atoms with Gasteiger partial charge < -0.3 is 19.7 Å². The van der Waals surface area contributed by atoms with Gasteiger partial charge in [0.1, 0.15) is 5.75 Å². The summed E-state index contributed by atoms with van der Waals surface area (Å²) >= 11 is 0. The van der Waals surface area contributed by atoms with Crippen molar-refractivity contribution in [2.75, 3.05) is 43.1 Å². The van der Waals surface area contributed by atoms with Gasteiger partial charge in [-0.3, -0.25) is 9.59 Å². The Kier molecular flexibility index (Phi) is 6.61. The summed E-state index contributed by atoms with van der Waals surface area (Å²) in [6.07, 6.45) is -4.54. The Balaban J connectivity index is 1.75. The van der Waals surface area contributed by atoms with E-state index >= 15 is 0 Å². The summed E-state index contributed by atoms with van der Waals surface area (Å²) in [5.41, 5.74) is 0.112. The first-order chi connectivity index (χ1) is 14.2. The highest BCUT2D eigenvalue weighted by molar-refractivity contribution is 5.96. The first kappa shape index (κ1) is 21.6. The average molecular weight is 422 g/mol. The number of halogens is 3. The number of ketones is 1. The Morgan fingerprint density at radius 1 is 1.13 bits per heavy atom. The molecule has 3 rings (SSSR count). The maximum Gasteiger partial charge on any atom is 0.416 e. The lowest BCUT2D eigenvalue weighted by atomic mass is 10.1. The summed E-state index contributed by atoms with van der Waals surface area (Å²) in [4.78, 5) is 25.7. The molecule has 6 nitrogen and oxygen atoms in total. The second kappa shape index (κ2) is 9.17. The molecule has 1 heterocycles. The zero-order valence-electron chi connectivity index (χ0n) is 16.3. The van der Waals surface area contributed by atoms with Crippen LogP contribution >= 0.6 is 0 Å². The van der Waals surface area contributed by atoms with Crippen LogP contribution in [0.5, 0.6) is 5.75 Å². The minimum Gasteiger partial charge on any atom is -0.484 e. The van der Waals surface area contributed by atoms with Crippen molar-refractivity contribution in [3.63, 3.8) is 0 Å². The predicted molar refractivity (Wildman–Crippen MR) is 105 cm³/mol. The first-order valence-corrected chi connectivity index (χ1v) is 9.31. The van der Waals surface area contributed by atoms with E-state index in [1.165, 1.54) is 19.1 Å². The van der Waals surface area contributed by atoms with Gasteiger partial charge in [0.25, 0.3) is 5.91 Å². The minimum atomic E-state index is -4.54. The van der Waals surface area contributed by atoms with E-state index in [0.29, 0.717) is 43.3 Å². The molecule has 1 N–H and O–H groups in total. The summed E-state index contributed by atoms with van der Waals surface area (Å²) in [6.45, 7) is 2.89. The third-order valence-corrected chi connectivity index (χ3v) is 4.56. The molecule has 0 spiro atoms. The number of hydrogen-bond donors (Lipinski definition) is 1. The van der Waals surface area contributed by atoms with Crippen LogP contribution < -0.4 is 15.0 Å². The predicted octanol–water partition coefficient (Wildman–Crippen LogP) is 3.76. The second-order valence-corrected chi connectivity index (χ2v) is 6.75. The van der Waals surface area contributed by atoms with Gasteiger partial charge in [0.2, 0.25) is 0 Å². The monoisotopic (exact) mass is 422 g/mol. The number of morpholine rings is 1. The zero-order chi connectivity index (χ0) is 21.7. The molecule has 2 aromatic rings. The molecular formula is C21H21F3N2O4. The molecule has 1 aliphatic rings. The summed E-state index contributed by atoms with van der Waals surface area (Å²) in [7, 11) is 0. The molecule has 0 unspecified atom stereocenters.